The van der Waals surface area contributed by atoms with E-state index < -0.39 is 5.97 Å². The van der Waals surface area contributed by atoms with Crippen molar-refractivity contribution in [1.82, 2.24) is 0 Å². The summed E-state index contributed by atoms with van der Waals surface area (Å²) < 4.78 is 0. The number of aliphatic carboxylic acids is 1. The van der Waals surface area contributed by atoms with E-state index in [0.29, 0.717) is 11.7 Å². The van der Waals surface area contributed by atoms with Gasteiger partial charge in [-0.05, 0) is 50.5 Å². The molecule has 136 valence electrons. The molecule has 4 aliphatic rings. The summed E-state index contributed by atoms with van der Waals surface area (Å²) in [5, 5.41) is 7.72. The molecule has 3 heteroatoms. The maximum atomic E-state index is 11.7. The van der Waals surface area contributed by atoms with Gasteiger partial charge in [-0.3, -0.25) is 9.59 Å². The van der Waals surface area contributed by atoms with Crippen molar-refractivity contribution in [3.63, 3.8) is 0 Å². The Kier molecular flexibility index (Phi) is 5.04. The summed E-state index contributed by atoms with van der Waals surface area (Å²) in [6, 6.07) is 0. The lowest BCUT2D eigenvalue weighted by Crippen LogP contribution is -2.36. The van der Waals surface area contributed by atoms with Crippen molar-refractivity contribution in [1.29, 1.82) is 0 Å². The zero-order valence-electron chi connectivity index (χ0n) is 15.7. The first-order valence-corrected chi connectivity index (χ1v) is 9.74. The number of allylic oxidation sites excluding steroid dienone is 6. The molecule has 4 aliphatic carbocycles. The molecule has 4 rings (SSSR count). The third-order valence-corrected chi connectivity index (χ3v) is 6.75. The van der Waals surface area contributed by atoms with Crippen LogP contribution in [0.3, 0.4) is 0 Å². The van der Waals surface area contributed by atoms with Gasteiger partial charge in [0.25, 0.3) is 0 Å². The number of rotatable bonds is 1. The van der Waals surface area contributed by atoms with E-state index in [1.54, 1.807) is 23.6 Å². The summed E-state index contributed by atoms with van der Waals surface area (Å²) in [5.74, 6) is 1.12. The summed E-state index contributed by atoms with van der Waals surface area (Å²) in [5.41, 5.74) is 6.82. The van der Waals surface area contributed by atoms with Crippen LogP contribution in [-0.4, -0.2) is 16.9 Å². The van der Waals surface area contributed by atoms with Crippen molar-refractivity contribution in [2.45, 2.75) is 72.1 Å². The van der Waals surface area contributed by atoms with Crippen molar-refractivity contribution < 1.29 is 14.7 Å². The van der Waals surface area contributed by atoms with Crippen LogP contribution in [0.1, 0.15) is 72.1 Å². The minimum absolute atomic E-state index is 0.196. The van der Waals surface area contributed by atoms with Crippen LogP contribution in [0, 0.1) is 17.3 Å². The van der Waals surface area contributed by atoms with Crippen LogP contribution < -0.4 is 0 Å². The predicted octanol–water partition coefficient (Wildman–Crippen LogP) is 5.23. The van der Waals surface area contributed by atoms with Gasteiger partial charge in [0.2, 0.25) is 0 Å². The SMILES string of the molecule is CCC(=O)O.C[C@H]1CCC2=C1CC=C1C2CCC2=CC(=O)CC[C@@]21C. The lowest BCUT2D eigenvalue weighted by atomic mass is 9.57. The van der Waals surface area contributed by atoms with Gasteiger partial charge in [-0.2, -0.15) is 0 Å². The Morgan fingerprint density at radius 2 is 1.96 bits per heavy atom. The molecule has 3 atom stereocenters. The monoisotopic (exact) mass is 342 g/mol. The maximum absolute atomic E-state index is 11.7. The number of carbonyl (C=O) groups is 2. The van der Waals surface area contributed by atoms with Crippen LogP contribution in [-0.2, 0) is 9.59 Å². The molecule has 0 aromatic carbocycles. The number of fused-ring (bicyclic) bond motifs is 4. The lowest BCUT2D eigenvalue weighted by molar-refractivity contribution is -0.136. The number of hydrogen-bond acceptors (Lipinski definition) is 2. The van der Waals surface area contributed by atoms with Crippen molar-refractivity contribution in [3.05, 3.63) is 34.4 Å². The third kappa shape index (κ3) is 3.26. The van der Waals surface area contributed by atoms with Crippen LogP contribution >= 0.6 is 0 Å². The van der Waals surface area contributed by atoms with Crippen LogP contribution in [0.5, 0.6) is 0 Å². The minimum atomic E-state index is -0.745. The molecule has 1 fully saturated rings. The van der Waals surface area contributed by atoms with Gasteiger partial charge in [-0.15, -0.1) is 0 Å². The number of hydrogen-bond donors (Lipinski definition) is 1. The summed E-state index contributed by atoms with van der Waals surface area (Å²) in [4.78, 5) is 21.1. The van der Waals surface area contributed by atoms with Gasteiger partial charge >= 0.3 is 5.97 Å². The average molecular weight is 342 g/mol. The summed E-state index contributed by atoms with van der Waals surface area (Å²) in [6.07, 6.45) is 12.8. The molecule has 1 saturated carbocycles. The van der Waals surface area contributed by atoms with Crippen LogP contribution in [0.25, 0.3) is 0 Å². The quantitative estimate of drug-likeness (QED) is 0.664. The molecule has 1 unspecified atom stereocenters. The van der Waals surface area contributed by atoms with Gasteiger partial charge in [0.05, 0.1) is 0 Å². The first-order chi connectivity index (χ1) is 11.9. The van der Waals surface area contributed by atoms with Gasteiger partial charge < -0.3 is 5.11 Å². The normalized spacial score (nSPS) is 33.3. The Morgan fingerprint density at radius 3 is 2.64 bits per heavy atom. The first-order valence-electron chi connectivity index (χ1n) is 9.74. The summed E-state index contributed by atoms with van der Waals surface area (Å²) in [7, 11) is 0. The molecule has 0 heterocycles. The van der Waals surface area contributed by atoms with E-state index in [-0.39, 0.29) is 11.8 Å². The van der Waals surface area contributed by atoms with E-state index >= 15 is 0 Å². The standard InChI is InChI=1S/C19H24O.C3H6O2/c1-12-3-5-16-15(12)7-8-18-17(16)6-4-13-11-14(20)9-10-19(13,18)2;1-2-3(4)5/h8,11-12,17H,3-7,9-10H2,1-2H3;2H2,1H3,(H,4,5)/t12-,17?,19-;/m0./s1. The predicted molar refractivity (Wildman–Crippen MR) is 99.2 cm³/mol. The first kappa shape index (κ1) is 18.2. The molecule has 0 aromatic heterocycles. The number of carboxylic acids is 1. The highest BCUT2D eigenvalue weighted by Crippen LogP contribution is 2.58. The molecule has 0 saturated heterocycles. The van der Waals surface area contributed by atoms with Crippen molar-refractivity contribution in [3.8, 4) is 0 Å². The van der Waals surface area contributed by atoms with Gasteiger partial charge in [-0.1, -0.05) is 49.1 Å². The fourth-order valence-electron chi connectivity index (χ4n) is 5.18. The van der Waals surface area contributed by atoms with E-state index in [4.69, 9.17) is 5.11 Å². The van der Waals surface area contributed by atoms with Gasteiger partial charge in [-0.25, -0.2) is 0 Å². The van der Waals surface area contributed by atoms with Crippen molar-refractivity contribution >= 4 is 11.8 Å². The van der Waals surface area contributed by atoms with E-state index in [2.05, 4.69) is 19.9 Å². The zero-order valence-corrected chi connectivity index (χ0v) is 15.7. The molecule has 0 aliphatic heterocycles. The highest BCUT2D eigenvalue weighted by Gasteiger charge is 2.46. The van der Waals surface area contributed by atoms with E-state index in [1.807, 2.05) is 6.08 Å². The second-order valence-corrected chi connectivity index (χ2v) is 8.16. The lowest BCUT2D eigenvalue weighted by Gasteiger charge is -2.47. The molecule has 0 aromatic rings. The Balaban J connectivity index is 0.000000324. The molecular formula is C22H30O3. The van der Waals surface area contributed by atoms with Crippen LogP contribution in [0.2, 0.25) is 0 Å². The number of carbonyl (C=O) groups excluding carboxylic acids is 1. The highest BCUT2D eigenvalue weighted by molar-refractivity contribution is 5.92. The smallest absolute Gasteiger partial charge is 0.303 e. The fourth-order valence-corrected chi connectivity index (χ4v) is 5.18. The maximum Gasteiger partial charge on any atom is 0.303 e. The second-order valence-electron chi connectivity index (χ2n) is 8.16. The van der Waals surface area contributed by atoms with Crippen molar-refractivity contribution in [2.24, 2.45) is 17.3 Å². The fraction of sp³-hybridized carbons (Fsp3) is 0.636. The molecule has 25 heavy (non-hydrogen) atoms. The molecule has 0 spiro atoms. The summed E-state index contributed by atoms with van der Waals surface area (Å²) in [6.45, 7) is 6.39. The van der Waals surface area contributed by atoms with Crippen LogP contribution in [0.15, 0.2) is 34.4 Å². The third-order valence-electron chi connectivity index (χ3n) is 6.75. The Labute approximate surface area is 150 Å². The molecule has 1 N–H and O–H groups in total. The topological polar surface area (TPSA) is 54.4 Å². The highest BCUT2D eigenvalue weighted by atomic mass is 16.4. The Hall–Kier alpha value is -1.64. The van der Waals surface area contributed by atoms with E-state index in [9.17, 15) is 9.59 Å². The molecule has 0 radical (unpaired) electrons. The Morgan fingerprint density at radius 1 is 1.24 bits per heavy atom. The minimum Gasteiger partial charge on any atom is -0.481 e. The second kappa shape index (κ2) is 6.93. The molecule has 0 amide bonds. The van der Waals surface area contributed by atoms with Gasteiger partial charge in [0, 0.05) is 24.2 Å². The van der Waals surface area contributed by atoms with E-state index in [1.165, 1.54) is 31.3 Å². The average Bonchev–Trinajstić information content (AvgIpc) is 2.97. The number of carboxylic acid groups (broad SMARTS) is 1. The molecule has 0 bridgehead atoms. The van der Waals surface area contributed by atoms with Crippen LogP contribution in [0.4, 0.5) is 0 Å². The molecular weight excluding hydrogens is 312 g/mol. The molecule has 3 nitrogen and oxygen atoms in total. The Bertz CT molecular complexity index is 679. The zero-order chi connectivity index (χ0) is 18.2. The van der Waals surface area contributed by atoms with E-state index in [0.717, 1.165) is 25.2 Å². The van der Waals surface area contributed by atoms with Crippen molar-refractivity contribution in [2.75, 3.05) is 0 Å². The largest absolute Gasteiger partial charge is 0.481 e. The summed E-state index contributed by atoms with van der Waals surface area (Å²) >= 11 is 0. The van der Waals surface area contributed by atoms with Gasteiger partial charge in [0.1, 0.15) is 0 Å². The van der Waals surface area contributed by atoms with Gasteiger partial charge in [0.15, 0.2) is 5.78 Å². The number of ketones is 1.